The molecule has 0 aromatic heterocycles. The van der Waals surface area contributed by atoms with Crippen LogP contribution < -0.4 is 10.1 Å². The molecule has 1 aromatic carbocycles. The van der Waals surface area contributed by atoms with Gasteiger partial charge in [0.2, 0.25) is 0 Å². The van der Waals surface area contributed by atoms with Crippen molar-refractivity contribution in [2.24, 2.45) is 0 Å². The molecule has 0 atom stereocenters. The minimum atomic E-state index is 0.588. The van der Waals surface area contributed by atoms with Crippen molar-refractivity contribution in [1.82, 2.24) is 0 Å². The first-order valence-electron chi connectivity index (χ1n) is 5.85. The zero-order valence-electron chi connectivity index (χ0n) is 9.55. The maximum atomic E-state index is 5.48. The normalized spacial score (nSPS) is 13.8. The summed E-state index contributed by atoms with van der Waals surface area (Å²) < 4.78 is 5.48. The second kappa shape index (κ2) is 4.56. The smallest absolute Gasteiger partial charge is 0.122 e. The Morgan fingerprint density at radius 3 is 2.87 bits per heavy atom. The number of anilines is 1. The van der Waals surface area contributed by atoms with Gasteiger partial charge in [0.15, 0.2) is 0 Å². The number of benzene rings is 1. The summed E-state index contributed by atoms with van der Waals surface area (Å²) in [4.78, 5) is 0. The van der Waals surface area contributed by atoms with Gasteiger partial charge in [-0.05, 0) is 36.6 Å². The minimum absolute atomic E-state index is 0.588. The van der Waals surface area contributed by atoms with Gasteiger partial charge in [0, 0.05) is 18.2 Å². The SMILES string of the molecule is CCC(CC)Nc1ccc2c(c1)CCO2. The van der Waals surface area contributed by atoms with Gasteiger partial charge in [-0.2, -0.15) is 0 Å². The third-order valence-electron chi connectivity index (χ3n) is 3.05. The quantitative estimate of drug-likeness (QED) is 0.815. The van der Waals surface area contributed by atoms with Crippen LogP contribution in [0, 0.1) is 0 Å². The zero-order valence-corrected chi connectivity index (χ0v) is 9.55. The lowest BCUT2D eigenvalue weighted by Crippen LogP contribution is -2.16. The van der Waals surface area contributed by atoms with E-state index in [1.54, 1.807) is 0 Å². The summed E-state index contributed by atoms with van der Waals surface area (Å²) in [5, 5.41) is 3.55. The number of rotatable bonds is 4. The summed E-state index contributed by atoms with van der Waals surface area (Å²) in [6.07, 6.45) is 3.39. The third kappa shape index (κ3) is 2.25. The van der Waals surface area contributed by atoms with E-state index < -0.39 is 0 Å². The Kier molecular flexibility index (Phi) is 3.14. The van der Waals surface area contributed by atoms with Crippen molar-refractivity contribution in [3.8, 4) is 5.75 Å². The Morgan fingerprint density at radius 2 is 2.13 bits per heavy atom. The third-order valence-corrected chi connectivity index (χ3v) is 3.05. The summed E-state index contributed by atoms with van der Waals surface area (Å²) >= 11 is 0. The van der Waals surface area contributed by atoms with Gasteiger partial charge in [0.1, 0.15) is 5.75 Å². The van der Waals surface area contributed by atoms with Crippen LogP contribution >= 0.6 is 0 Å². The monoisotopic (exact) mass is 205 g/mol. The number of hydrogen-bond donors (Lipinski definition) is 1. The molecule has 2 rings (SSSR count). The molecular weight excluding hydrogens is 186 g/mol. The van der Waals surface area contributed by atoms with Crippen LogP contribution in [0.25, 0.3) is 0 Å². The topological polar surface area (TPSA) is 21.3 Å². The molecular formula is C13H19NO. The van der Waals surface area contributed by atoms with Crippen LogP contribution in [0.4, 0.5) is 5.69 Å². The van der Waals surface area contributed by atoms with Gasteiger partial charge in [-0.3, -0.25) is 0 Å². The Hall–Kier alpha value is -1.18. The zero-order chi connectivity index (χ0) is 10.7. The van der Waals surface area contributed by atoms with Gasteiger partial charge in [0.25, 0.3) is 0 Å². The summed E-state index contributed by atoms with van der Waals surface area (Å²) in [6.45, 7) is 5.28. The molecule has 2 heteroatoms. The Balaban J connectivity index is 2.09. The van der Waals surface area contributed by atoms with Crippen LogP contribution in [0.3, 0.4) is 0 Å². The highest BCUT2D eigenvalue weighted by Crippen LogP contribution is 2.28. The predicted molar refractivity (Wildman–Crippen MR) is 63.6 cm³/mol. The average molecular weight is 205 g/mol. The highest BCUT2D eigenvalue weighted by Gasteiger charge is 2.12. The summed E-state index contributed by atoms with van der Waals surface area (Å²) in [5.41, 5.74) is 2.57. The van der Waals surface area contributed by atoms with Gasteiger partial charge >= 0.3 is 0 Å². The Labute approximate surface area is 91.6 Å². The number of ether oxygens (including phenoxy) is 1. The van der Waals surface area contributed by atoms with Crippen molar-refractivity contribution < 1.29 is 4.74 Å². The van der Waals surface area contributed by atoms with Crippen LogP contribution in [0.1, 0.15) is 32.3 Å². The molecule has 0 saturated carbocycles. The van der Waals surface area contributed by atoms with E-state index in [9.17, 15) is 0 Å². The van der Waals surface area contributed by atoms with Crippen LogP contribution in [0.5, 0.6) is 5.75 Å². The molecule has 0 unspecified atom stereocenters. The largest absolute Gasteiger partial charge is 0.493 e. The van der Waals surface area contributed by atoms with Crippen LogP contribution in [-0.4, -0.2) is 12.6 Å². The molecule has 0 aliphatic carbocycles. The second-order valence-corrected chi connectivity index (χ2v) is 4.08. The molecule has 0 saturated heterocycles. The maximum absolute atomic E-state index is 5.48. The molecule has 0 fully saturated rings. The van der Waals surface area contributed by atoms with E-state index in [-0.39, 0.29) is 0 Å². The first-order chi connectivity index (χ1) is 7.33. The van der Waals surface area contributed by atoms with Crippen molar-refractivity contribution in [1.29, 1.82) is 0 Å². The van der Waals surface area contributed by atoms with Gasteiger partial charge in [-0.15, -0.1) is 0 Å². The summed E-state index contributed by atoms with van der Waals surface area (Å²) in [6, 6.07) is 7.00. The van der Waals surface area contributed by atoms with Crippen LogP contribution in [0.2, 0.25) is 0 Å². The average Bonchev–Trinajstić information content (AvgIpc) is 2.73. The van der Waals surface area contributed by atoms with E-state index in [1.165, 1.54) is 24.1 Å². The summed E-state index contributed by atoms with van der Waals surface area (Å²) in [5.74, 6) is 1.06. The predicted octanol–water partition coefficient (Wildman–Crippen LogP) is 3.22. The molecule has 0 amide bonds. The fourth-order valence-electron chi connectivity index (χ4n) is 2.00. The second-order valence-electron chi connectivity index (χ2n) is 4.08. The first-order valence-corrected chi connectivity index (χ1v) is 5.85. The molecule has 2 nitrogen and oxygen atoms in total. The molecule has 15 heavy (non-hydrogen) atoms. The Morgan fingerprint density at radius 1 is 1.33 bits per heavy atom. The van der Waals surface area contributed by atoms with Crippen molar-refractivity contribution in [2.45, 2.75) is 39.2 Å². The van der Waals surface area contributed by atoms with Crippen molar-refractivity contribution >= 4 is 5.69 Å². The van der Waals surface area contributed by atoms with E-state index in [0.29, 0.717) is 6.04 Å². The van der Waals surface area contributed by atoms with E-state index in [2.05, 4.69) is 37.4 Å². The lowest BCUT2D eigenvalue weighted by molar-refractivity contribution is 0.357. The standard InChI is InChI=1S/C13H19NO/c1-3-11(4-2)14-12-5-6-13-10(9-12)7-8-15-13/h5-6,9,11,14H,3-4,7-8H2,1-2H3. The molecule has 1 N–H and O–H groups in total. The molecule has 0 spiro atoms. The van der Waals surface area contributed by atoms with Crippen molar-refractivity contribution in [3.05, 3.63) is 23.8 Å². The molecule has 0 radical (unpaired) electrons. The maximum Gasteiger partial charge on any atom is 0.122 e. The molecule has 1 aliphatic heterocycles. The Bertz CT molecular complexity index is 331. The number of hydrogen-bond acceptors (Lipinski definition) is 2. The van der Waals surface area contributed by atoms with Crippen LogP contribution in [0.15, 0.2) is 18.2 Å². The van der Waals surface area contributed by atoms with Gasteiger partial charge < -0.3 is 10.1 Å². The van der Waals surface area contributed by atoms with E-state index >= 15 is 0 Å². The van der Waals surface area contributed by atoms with Crippen molar-refractivity contribution in [3.63, 3.8) is 0 Å². The van der Waals surface area contributed by atoms with Gasteiger partial charge in [0.05, 0.1) is 6.61 Å². The van der Waals surface area contributed by atoms with Crippen molar-refractivity contribution in [2.75, 3.05) is 11.9 Å². The summed E-state index contributed by atoms with van der Waals surface area (Å²) in [7, 11) is 0. The molecule has 1 aliphatic rings. The fraction of sp³-hybridized carbons (Fsp3) is 0.538. The molecule has 82 valence electrons. The van der Waals surface area contributed by atoms with Gasteiger partial charge in [-0.1, -0.05) is 13.8 Å². The van der Waals surface area contributed by atoms with Crippen LogP contribution in [-0.2, 0) is 6.42 Å². The van der Waals surface area contributed by atoms with E-state index in [0.717, 1.165) is 18.8 Å². The lowest BCUT2D eigenvalue weighted by Gasteiger charge is -2.16. The number of nitrogens with one attached hydrogen (secondary N) is 1. The minimum Gasteiger partial charge on any atom is -0.493 e. The fourth-order valence-corrected chi connectivity index (χ4v) is 2.00. The number of fused-ring (bicyclic) bond motifs is 1. The molecule has 1 aromatic rings. The highest BCUT2D eigenvalue weighted by atomic mass is 16.5. The lowest BCUT2D eigenvalue weighted by atomic mass is 10.1. The first kappa shape index (κ1) is 10.3. The molecule has 1 heterocycles. The highest BCUT2D eigenvalue weighted by molar-refractivity contribution is 5.52. The van der Waals surface area contributed by atoms with E-state index in [4.69, 9.17) is 4.74 Å². The molecule has 0 bridgehead atoms. The van der Waals surface area contributed by atoms with Gasteiger partial charge in [-0.25, -0.2) is 0 Å². The van der Waals surface area contributed by atoms with E-state index in [1.807, 2.05) is 0 Å².